The van der Waals surface area contributed by atoms with Crippen LogP contribution in [-0.4, -0.2) is 66.2 Å². The lowest BCUT2D eigenvalue weighted by Crippen LogP contribution is -2.73. The summed E-state index contributed by atoms with van der Waals surface area (Å²) in [6, 6.07) is 3.96. The van der Waals surface area contributed by atoms with Crippen molar-refractivity contribution in [3.8, 4) is 5.75 Å². The lowest BCUT2D eigenvalue weighted by molar-refractivity contribution is -0.450. The third-order valence-corrected chi connectivity index (χ3v) is 4.83. The Labute approximate surface area is 201 Å². The van der Waals surface area contributed by atoms with Crippen molar-refractivity contribution in [3.05, 3.63) is 29.8 Å². The zero-order chi connectivity index (χ0) is 30.6. The van der Waals surface area contributed by atoms with E-state index in [1.807, 2.05) is 0 Å². The molecule has 0 amide bonds. The first-order valence-corrected chi connectivity index (χ1v) is 9.33. The van der Waals surface area contributed by atoms with Gasteiger partial charge in [-0.05, 0) is 38.1 Å². The molecule has 0 aliphatic rings. The highest BCUT2D eigenvalue weighted by molar-refractivity contribution is 6.03. The first-order chi connectivity index (χ1) is 16.6. The maximum absolute atomic E-state index is 14.0. The summed E-state index contributed by atoms with van der Waals surface area (Å²) in [6.45, 7) is 0.826. The Morgan fingerprint density at radius 3 is 1.34 bits per heavy atom. The quantitative estimate of drug-likeness (QED) is 0.176. The van der Waals surface area contributed by atoms with E-state index in [4.69, 9.17) is 4.74 Å². The minimum absolute atomic E-state index is 0.110. The first kappa shape index (κ1) is 33.1. The SMILES string of the molecule is COc1ccc(C(=O)C(C)(C)OC(=O)C(F)(F)C(F)(F)C(F)(F)C(F)(F)C(F)(F)C(F)(F)C(F)(F)F)cc1. The molecule has 0 unspecified atom stereocenters. The number of halogens is 15. The Morgan fingerprint density at radius 2 is 0.974 bits per heavy atom. The van der Waals surface area contributed by atoms with Crippen LogP contribution in [0.4, 0.5) is 65.9 Å². The number of Topliss-reactive ketones (excluding diaryl/α,β-unsaturated/α-hetero) is 1. The van der Waals surface area contributed by atoms with Crippen molar-refractivity contribution in [2.24, 2.45) is 0 Å². The summed E-state index contributed by atoms with van der Waals surface area (Å²) in [5, 5.41) is 0. The summed E-state index contributed by atoms with van der Waals surface area (Å²) in [6.07, 6.45) is -7.75. The normalized spacial score (nSPS) is 14.8. The topological polar surface area (TPSA) is 52.6 Å². The van der Waals surface area contributed by atoms with Gasteiger partial charge in [0.25, 0.3) is 0 Å². The van der Waals surface area contributed by atoms with Gasteiger partial charge in [0.1, 0.15) is 5.75 Å². The molecule has 0 bridgehead atoms. The highest BCUT2D eigenvalue weighted by Crippen LogP contribution is 2.62. The average molecular weight is 590 g/mol. The molecule has 0 fully saturated rings. The van der Waals surface area contributed by atoms with Crippen molar-refractivity contribution in [3.63, 3.8) is 0 Å². The summed E-state index contributed by atoms with van der Waals surface area (Å²) in [7, 11) is 1.17. The van der Waals surface area contributed by atoms with Crippen LogP contribution in [0.5, 0.6) is 5.75 Å². The Hall–Kier alpha value is -2.89. The van der Waals surface area contributed by atoms with Gasteiger partial charge >= 0.3 is 47.7 Å². The smallest absolute Gasteiger partial charge is 0.460 e. The van der Waals surface area contributed by atoms with Gasteiger partial charge in [0, 0.05) is 5.56 Å². The molecule has 0 N–H and O–H groups in total. The van der Waals surface area contributed by atoms with Crippen LogP contribution >= 0.6 is 0 Å². The molecule has 0 radical (unpaired) electrons. The third kappa shape index (κ3) is 4.83. The molecule has 0 aliphatic heterocycles. The minimum atomic E-state index is -8.55. The van der Waals surface area contributed by atoms with Gasteiger partial charge in [-0.1, -0.05) is 0 Å². The first-order valence-electron chi connectivity index (χ1n) is 9.33. The van der Waals surface area contributed by atoms with Crippen LogP contribution in [0.3, 0.4) is 0 Å². The van der Waals surface area contributed by atoms with Crippen LogP contribution in [0.2, 0.25) is 0 Å². The Morgan fingerprint density at radius 1 is 0.605 bits per heavy atom. The molecule has 0 aliphatic carbocycles. The molecule has 0 heterocycles. The molecule has 0 saturated heterocycles. The number of carbonyl (C=O) groups is 2. The number of ketones is 1. The van der Waals surface area contributed by atoms with Gasteiger partial charge in [-0.2, -0.15) is 65.9 Å². The molecule has 38 heavy (non-hydrogen) atoms. The maximum Gasteiger partial charge on any atom is 0.460 e. The largest absolute Gasteiger partial charge is 0.497 e. The third-order valence-electron chi connectivity index (χ3n) is 4.83. The molecule has 1 aromatic carbocycles. The van der Waals surface area contributed by atoms with E-state index in [1.165, 1.54) is 7.11 Å². The summed E-state index contributed by atoms with van der Waals surface area (Å²) < 4.78 is 207. The van der Waals surface area contributed by atoms with E-state index >= 15 is 0 Å². The standard InChI is InChI=1S/C19H13F15O4/c1-12(2,10(35)8-4-6-9(37-3)7-5-8)38-11(36)13(20,21)14(22,23)15(24,25)16(26,27)17(28,29)18(30,31)19(32,33)34/h4-7H,1-3H3. The van der Waals surface area contributed by atoms with Crippen LogP contribution in [0.15, 0.2) is 24.3 Å². The van der Waals surface area contributed by atoms with Crippen LogP contribution < -0.4 is 4.74 Å². The number of methoxy groups -OCH3 is 1. The Bertz CT molecular complexity index is 1040. The minimum Gasteiger partial charge on any atom is -0.497 e. The second-order valence-corrected chi connectivity index (χ2v) is 7.90. The Balaban J connectivity index is 3.45. The van der Waals surface area contributed by atoms with E-state index in [0.29, 0.717) is 13.8 Å². The average Bonchev–Trinajstić information content (AvgIpc) is 2.76. The van der Waals surface area contributed by atoms with Gasteiger partial charge < -0.3 is 9.47 Å². The fraction of sp³-hybridized carbons (Fsp3) is 0.579. The fourth-order valence-corrected chi connectivity index (χ4v) is 2.53. The van der Waals surface area contributed by atoms with Crippen LogP contribution in [0.25, 0.3) is 0 Å². The van der Waals surface area contributed by atoms with E-state index in [1.54, 1.807) is 0 Å². The van der Waals surface area contributed by atoms with Gasteiger partial charge in [0.2, 0.25) is 5.78 Å². The van der Waals surface area contributed by atoms with Gasteiger partial charge in [-0.15, -0.1) is 0 Å². The molecule has 0 aromatic heterocycles. The van der Waals surface area contributed by atoms with Crippen LogP contribution in [-0.2, 0) is 9.53 Å². The van der Waals surface area contributed by atoms with Crippen molar-refractivity contribution in [2.45, 2.75) is 61.2 Å². The molecule has 218 valence electrons. The van der Waals surface area contributed by atoms with E-state index in [0.717, 1.165) is 24.3 Å². The van der Waals surface area contributed by atoms with E-state index < -0.39 is 64.6 Å². The van der Waals surface area contributed by atoms with Crippen molar-refractivity contribution in [1.29, 1.82) is 0 Å². The molecule has 1 aromatic rings. The lowest BCUT2D eigenvalue weighted by Gasteiger charge is -2.41. The maximum atomic E-state index is 14.0. The van der Waals surface area contributed by atoms with Crippen molar-refractivity contribution in [1.82, 2.24) is 0 Å². The fourth-order valence-electron chi connectivity index (χ4n) is 2.53. The number of alkyl halides is 15. The number of carbonyl (C=O) groups excluding carboxylic acids is 2. The molecule has 0 spiro atoms. The number of hydrogen-bond donors (Lipinski definition) is 0. The number of esters is 1. The number of benzene rings is 1. The number of ether oxygens (including phenoxy) is 2. The van der Waals surface area contributed by atoms with E-state index in [9.17, 15) is 75.4 Å². The molecule has 0 saturated carbocycles. The van der Waals surface area contributed by atoms with Gasteiger partial charge in [0.15, 0.2) is 5.60 Å². The number of rotatable bonds is 10. The number of hydrogen-bond acceptors (Lipinski definition) is 4. The zero-order valence-electron chi connectivity index (χ0n) is 18.6. The summed E-state index contributed by atoms with van der Waals surface area (Å²) in [5.41, 5.74) is -3.49. The molecular formula is C19H13F15O4. The predicted molar refractivity (Wildman–Crippen MR) is 93.2 cm³/mol. The van der Waals surface area contributed by atoms with Gasteiger partial charge in [-0.25, -0.2) is 4.79 Å². The highest BCUT2D eigenvalue weighted by atomic mass is 19.4. The van der Waals surface area contributed by atoms with E-state index in [-0.39, 0.29) is 5.75 Å². The zero-order valence-corrected chi connectivity index (χ0v) is 18.6. The highest BCUT2D eigenvalue weighted by Gasteiger charge is 2.94. The van der Waals surface area contributed by atoms with E-state index in [2.05, 4.69) is 4.74 Å². The van der Waals surface area contributed by atoms with Gasteiger partial charge in [0.05, 0.1) is 7.11 Å². The summed E-state index contributed by atoms with van der Waals surface area (Å²) >= 11 is 0. The molecule has 0 atom stereocenters. The van der Waals surface area contributed by atoms with Crippen LogP contribution in [0, 0.1) is 0 Å². The van der Waals surface area contributed by atoms with Crippen molar-refractivity contribution < 1.29 is 84.9 Å². The monoisotopic (exact) mass is 590 g/mol. The molecule has 1 rings (SSSR count). The predicted octanol–water partition coefficient (Wildman–Crippen LogP) is 6.57. The second kappa shape index (κ2) is 9.39. The lowest BCUT2D eigenvalue weighted by atomic mass is 9.91. The van der Waals surface area contributed by atoms with Crippen molar-refractivity contribution in [2.75, 3.05) is 7.11 Å². The Kier molecular flexibility index (Phi) is 8.19. The molecule has 19 heteroatoms. The van der Waals surface area contributed by atoms with Crippen LogP contribution in [0.1, 0.15) is 24.2 Å². The van der Waals surface area contributed by atoms with Gasteiger partial charge in [-0.3, -0.25) is 4.79 Å². The summed E-state index contributed by atoms with van der Waals surface area (Å²) in [5.74, 6) is -54.3. The van der Waals surface area contributed by atoms with Crippen molar-refractivity contribution >= 4 is 11.8 Å². The second-order valence-electron chi connectivity index (χ2n) is 7.90. The summed E-state index contributed by atoms with van der Waals surface area (Å²) in [4.78, 5) is 24.0. The molecular weight excluding hydrogens is 577 g/mol. The molecule has 4 nitrogen and oxygen atoms in total.